The summed E-state index contributed by atoms with van der Waals surface area (Å²) >= 11 is 0. The van der Waals surface area contributed by atoms with Gasteiger partial charge in [-0.25, -0.2) is 0 Å². The summed E-state index contributed by atoms with van der Waals surface area (Å²) in [6.45, 7) is 4.51. The van der Waals surface area contributed by atoms with Crippen molar-refractivity contribution in [1.29, 1.82) is 0 Å². The molecule has 2 unspecified atom stereocenters. The van der Waals surface area contributed by atoms with Crippen LogP contribution in [0.1, 0.15) is 50.0 Å². The fourth-order valence-electron chi connectivity index (χ4n) is 2.61. The summed E-state index contributed by atoms with van der Waals surface area (Å²) in [6, 6.07) is 3.47. The molecule has 0 aromatic carbocycles. The number of aromatic nitrogens is 1. The Bertz CT molecular complexity index is 264. The van der Waals surface area contributed by atoms with Crippen molar-refractivity contribution in [3.8, 4) is 0 Å². The first-order valence-electron chi connectivity index (χ1n) is 5.18. The van der Waals surface area contributed by atoms with Gasteiger partial charge in [-0.1, -0.05) is 13.8 Å². The lowest BCUT2D eigenvalue weighted by atomic mass is 10.1. The molecule has 1 N–H and O–H groups in total. The standard InChI is InChI=1S/C11H18N2/c1-4-9-8-6-7-12-11(8)10(5-2)13(9)3/h6-7,9-10,12H,4-5H2,1-3H3. The van der Waals surface area contributed by atoms with Crippen molar-refractivity contribution in [2.45, 2.75) is 38.8 Å². The Kier molecular flexibility index (Phi) is 2.16. The van der Waals surface area contributed by atoms with Crippen LogP contribution >= 0.6 is 0 Å². The van der Waals surface area contributed by atoms with E-state index in [1.807, 2.05) is 0 Å². The molecule has 2 rings (SSSR count). The molecule has 2 nitrogen and oxygen atoms in total. The molecule has 13 heavy (non-hydrogen) atoms. The molecule has 2 atom stereocenters. The van der Waals surface area contributed by atoms with E-state index in [2.05, 4.69) is 43.0 Å². The molecular formula is C11H18N2. The van der Waals surface area contributed by atoms with Gasteiger partial charge >= 0.3 is 0 Å². The van der Waals surface area contributed by atoms with Crippen LogP contribution in [0.25, 0.3) is 0 Å². The lowest BCUT2D eigenvalue weighted by molar-refractivity contribution is 0.194. The van der Waals surface area contributed by atoms with Crippen molar-refractivity contribution in [2.24, 2.45) is 0 Å². The van der Waals surface area contributed by atoms with Crippen LogP contribution in [0.2, 0.25) is 0 Å². The highest BCUT2D eigenvalue weighted by atomic mass is 15.2. The van der Waals surface area contributed by atoms with Gasteiger partial charge in [-0.05, 0) is 31.5 Å². The average Bonchev–Trinajstić information content (AvgIpc) is 2.64. The molecule has 1 aliphatic rings. The molecule has 0 fully saturated rings. The number of nitrogens with one attached hydrogen (secondary N) is 1. The van der Waals surface area contributed by atoms with Crippen LogP contribution in [0.4, 0.5) is 0 Å². The zero-order chi connectivity index (χ0) is 9.42. The SMILES string of the molecule is CCC1c2cc[nH]c2C(CC)N1C. The van der Waals surface area contributed by atoms with Gasteiger partial charge in [0.15, 0.2) is 0 Å². The highest BCUT2D eigenvalue weighted by Gasteiger charge is 2.34. The fraction of sp³-hybridized carbons (Fsp3) is 0.636. The smallest absolute Gasteiger partial charge is 0.0502 e. The third kappa shape index (κ3) is 1.12. The normalized spacial score (nSPS) is 27.9. The Balaban J connectivity index is 2.38. The summed E-state index contributed by atoms with van der Waals surface area (Å²) in [5.41, 5.74) is 2.95. The number of hydrogen-bond acceptors (Lipinski definition) is 1. The monoisotopic (exact) mass is 178 g/mol. The molecule has 1 aromatic rings. The lowest BCUT2D eigenvalue weighted by Gasteiger charge is -2.24. The van der Waals surface area contributed by atoms with Crippen molar-refractivity contribution >= 4 is 0 Å². The van der Waals surface area contributed by atoms with Crippen LogP contribution in [0.15, 0.2) is 12.3 Å². The lowest BCUT2D eigenvalue weighted by Crippen LogP contribution is -2.21. The van der Waals surface area contributed by atoms with E-state index in [-0.39, 0.29) is 0 Å². The molecule has 0 spiro atoms. The summed E-state index contributed by atoms with van der Waals surface area (Å²) < 4.78 is 0. The number of fused-ring (bicyclic) bond motifs is 1. The Morgan fingerprint density at radius 1 is 1.31 bits per heavy atom. The van der Waals surface area contributed by atoms with Crippen molar-refractivity contribution < 1.29 is 0 Å². The Morgan fingerprint density at radius 2 is 2.00 bits per heavy atom. The quantitative estimate of drug-likeness (QED) is 0.737. The van der Waals surface area contributed by atoms with E-state index in [9.17, 15) is 0 Å². The van der Waals surface area contributed by atoms with Crippen LogP contribution < -0.4 is 0 Å². The van der Waals surface area contributed by atoms with Crippen LogP contribution in [0, 0.1) is 0 Å². The van der Waals surface area contributed by atoms with Gasteiger partial charge in [0.25, 0.3) is 0 Å². The van der Waals surface area contributed by atoms with E-state index < -0.39 is 0 Å². The van der Waals surface area contributed by atoms with E-state index in [1.165, 1.54) is 24.1 Å². The third-order valence-electron chi connectivity index (χ3n) is 3.26. The first-order valence-corrected chi connectivity index (χ1v) is 5.18. The van der Waals surface area contributed by atoms with Crippen molar-refractivity contribution in [3.63, 3.8) is 0 Å². The molecule has 0 bridgehead atoms. The first kappa shape index (κ1) is 8.82. The number of aromatic amines is 1. The largest absolute Gasteiger partial charge is 0.363 e. The molecular weight excluding hydrogens is 160 g/mol. The number of rotatable bonds is 2. The molecule has 72 valence electrons. The number of hydrogen-bond donors (Lipinski definition) is 1. The highest BCUT2D eigenvalue weighted by molar-refractivity contribution is 5.32. The summed E-state index contributed by atoms with van der Waals surface area (Å²) in [5, 5.41) is 0. The topological polar surface area (TPSA) is 19.0 Å². The summed E-state index contributed by atoms with van der Waals surface area (Å²) in [6.07, 6.45) is 4.47. The van der Waals surface area contributed by atoms with Gasteiger partial charge in [0.05, 0.1) is 6.04 Å². The van der Waals surface area contributed by atoms with Gasteiger partial charge in [0.1, 0.15) is 0 Å². The molecule has 1 aliphatic heterocycles. The van der Waals surface area contributed by atoms with E-state index in [0.717, 1.165) is 0 Å². The number of H-pyrrole nitrogens is 1. The van der Waals surface area contributed by atoms with Gasteiger partial charge < -0.3 is 4.98 Å². The molecule has 1 aromatic heterocycles. The number of nitrogens with zero attached hydrogens (tertiary/aromatic N) is 1. The third-order valence-corrected chi connectivity index (χ3v) is 3.26. The molecule has 0 saturated heterocycles. The predicted octanol–water partition coefficient (Wildman–Crippen LogP) is 2.86. The van der Waals surface area contributed by atoms with Crippen molar-refractivity contribution in [1.82, 2.24) is 9.88 Å². The second kappa shape index (κ2) is 3.18. The Hall–Kier alpha value is -0.760. The minimum absolute atomic E-state index is 0.606. The summed E-state index contributed by atoms with van der Waals surface area (Å²) in [5.74, 6) is 0. The molecule has 0 radical (unpaired) electrons. The van der Waals surface area contributed by atoms with Crippen LogP contribution in [-0.4, -0.2) is 16.9 Å². The maximum absolute atomic E-state index is 3.37. The van der Waals surface area contributed by atoms with Gasteiger partial charge in [-0.15, -0.1) is 0 Å². The van der Waals surface area contributed by atoms with Crippen LogP contribution in [0.3, 0.4) is 0 Å². The Morgan fingerprint density at radius 3 is 2.62 bits per heavy atom. The highest BCUT2D eigenvalue weighted by Crippen LogP contribution is 2.42. The van der Waals surface area contributed by atoms with Crippen molar-refractivity contribution in [2.75, 3.05) is 7.05 Å². The van der Waals surface area contributed by atoms with Gasteiger partial charge in [-0.2, -0.15) is 0 Å². The van der Waals surface area contributed by atoms with Gasteiger partial charge in [0.2, 0.25) is 0 Å². The van der Waals surface area contributed by atoms with Crippen LogP contribution in [0.5, 0.6) is 0 Å². The van der Waals surface area contributed by atoms with Gasteiger partial charge in [-0.3, -0.25) is 4.90 Å². The molecule has 2 heterocycles. The predicted molar refractivity (Wildman–Crippen MR) is 54.6 cm³/mol. The second-order valence-corrected chi connectivity index (χ2v) is 3.86. The maximum atomic E-state index is 3.37. The zero-order valence-electron chi connectivity index (χ0n) is 8.67. The summed E-state index contributed by atoms with van der Waals surface area (Å²) in [4.78, 5) is 5.86. The van der Waals surface area contributed by atoms with E-state index in [0.29, 0.717) is 12.1 Å². The van der Waals surface area contributed by atoms with E-state index >= 15 is 0 Å². The molecule has 0 saturated carbocycles. The summed E-state index contributed by atoms with van der Waals surface area (Å²) in [7, 11) is 2.23. The van der Waals surface area contributed by atoms with E-state index in [1.54, 1.807) is 0 Å². The average molecular weight is 178 g/mol. The minimum atomic E-state index is 0.606. The maximum Gasteiger partial charge on any atom is 0.0502 e. The minimum Gasteiger partial charge on any atom is -0.363 e. The second-order valence-electron chi connectivity index (χ2n) is 3.86. The molecule has 0 amide bonds. The van der Waals surface area contributed by atoms with Crippen LogP contribution in [-0.2, 0) is 0 Å². The first-order chi connectivity index (χ1) is 6.29. The molecule has 2 heteroatoms. The Labute approximate surface area is 79.9 Å². The van der Waals surface area contributed by atoms with E-state index in [4.69, 9.17) is 0 Å². The fourth-order valence-corrected chi connectivity index (χ4v) is 2.61. The van der Waals surface area contributed by atoms with Gasteiger partial charge in [0, 0.05) is 17.9 Å². The zero-order valence-corrected chi connectivity index (χ0v) is 8.67. The van der Waals surface area contributed by atoms with Crippen molar-refractivity contribution in [3.05, 3.63) is 23.5 Å². The molecule has 0 aliphatic carbocycles.